The molecule has 0 aliphatic rings. The average molecular weight is 291 g/mol. The molecule has 1 heterocycles. The summed E-state index contributed by atoms with van der Waals surface area (Å²) in [6.45, 7) is 2.95. The number of rotatable bonds is 4. The molecule has 2 nitrogen and oxygen atoms in total. The zero-order valence-corrected chi connectivity index (χ0v) is 11.3. The fourth-order valence-electron chi connectivity index (χ4n) is 1.63. The van der Waals surface area contributed by atoms with E-state index in [0.29, 0.717) is 6.04 Å². The number of nitrogens with one attached hydrogen (secondary N) is 1. The third-order valence-corrected chi connectivity index (χ3v) is 3.21. The van der Waals surface area contributed by atoms with E-state index in [1.165, 1.54) is 5.56 Å². The van der Waals surface area contributed by atoms with Gasteiger partial charge in [-0.3, -0.25) is 4.98 Å². The Balaban J connectivity index is 1.93. The summed E-state index contributed by atoms with van der Waals surface area (Å²) < 4.78 is 1.11. The van der Waals surface area contributed by atoms with Crippen LogP contribution in [0.1, 0.15) is 24.2 Å². The molecule has 0 saturated carbocycles. The van der Waals surface area contributed by atoms with Gasteiger partial charge in [-0.1, -0.05) is 34.1 Å². The van der Waals surface area contributed by atoms with Crippen molar-refractivity contribution in [1.82, 2.24) is 10.3 Å². The highest BCUT2D eigenvalue weighted by atomic mass is 79.9. The second kappa shape index (κ2) is 5.94. The quantitative estimate of drug-likeness (QED) is 0.929. The maximum absolute atomic E-state index is 4.29. The number of hydrogen-bond acceptors (Lipinski definition) is 2. The lowest BCUT2D eigenvalue weighted by molar-refractivity contribution is 0.568. The summed E-state index contributed by atoms with van der Waals surface area (Å²) in [7, 11) is 0. The number of pyridine rings is 1. The average Bonchev–Trinajstić information content (AvgIpc) is 2.38. The second-order valence-corrected chi connectivity index (χ2v) is 4.89. The van der Waals surface area contributed by atoms with Crippen molar-refractivity contribution in [2.24, 2.45) is 0 Å². The molecule has 0 fully saturated rings. The van der Waals surface area contributed by atoms with Crippen LogP contribution < -0.4 is 5.32 Å². The SMILES string of the molecule is CC(NCc1ccccn1)c1ccc(Br)cc1. The molecule has 0 amide bonds. The van der Waals surface area contributed by atoms with Crippen molar-refractivity contribution < 1.29 is 0 Å². The Morgan fingerprint density at radius 3 is 2.59 bits per heavy atom. The highest BCUT2D eigenvalue weighted by Gasteiger charge is 2.04. The number of halogens is 1. The predicted octanol–water partition coefficient (Wildman–Crippen LogP) is 3.69. The van der Waals surface area contributed by atoms with Crippen molar-refractivity contribution in [1.29, 1.82) is 0 Å². The van der Waals surface area contributed by atoms with Gasteiger partial charge in [0, 0.05) is 23.3 Å². The van der Waals surface area contributed by atoms with E-state index in [0.717, 1.165) is 16.7 Å². The predicted molar refractivity (Wildman–Crippen MR) is 73.6 cm³/mol. The molecule has 1 aromatic carbocycles. The van der Waals surface area contributed by atoms with Gasteiger partial charge in [0.05, 0.1) is 5.69 Å². The minimum Gasteiger partial charge on any atom is -0.305 e. The highest BCUT2D eigenvalue weighted by Crippen LogP contribution is 2.16. The Bertz CT molecular complexity index is 453. The molecule has 0 aliphatic heterocycles. The Hall–Kier alpha value is -1.19. The second-order valence-electron chi connectivity index (χ2n) is 3.98. The lowest BCUT2D eigenvalue weighted by Gasteiger charge is -2.13. The van der Waals surface area contributed by atoms with Gasteiger partial charge in [0.25, 0.3) is 0 Å². The van der Waals surface area contributed by atoms with Crippen LogP contribution in [0.15, 0.2) is 53.1 Å². The van der Waals surface area contributed by atoms with Gasteiger partial charge in [-0.2, -0.15) is 0 Å². The molecule has 2 rings (SSSR count). The lowest BCUT2D eigenvalue weighted by Crippen LogP contribution is -2.18. The number of aromatic nitrogens is 1. The standard InChI is InChI=1S/C14H15BrN2/c1-11(12-5-7-13(15)8-6-12)17-10-14-4-2-3-9-16-14/h2-9,11,17H,10H2,1H3. The van der Waals surface area contributed by atoms with Crippen LogP contribution in [0.5, 0.6) is 0 Å². The first-order chi connectivity index (χ1) is 8.25. The molecule has 0 saturated heterocycles. The zero-order valence-electron chi connectivity index (χ0n) is 9.73. The van der Waals surface area contributed by atoms with E-state index in [4.69, 9.17) is 0 Å². The summed E-state index contributed by atoms with van der Waals surface area (Å²) in [5, 5.41) is 3.46. The molecule has 3 heteroatoms. The summed E-state index contributed by atoms with van der Waals surface area (Å²) in [4.78, 5) is 4.29. The summed E-state index contributed by atoms with van der Waals surface area (Å²) in [5.74, 6) is 0. The van der Waals surface area contributed by atoms with Crippen LogP contribution in [-0.4, -0.2) is 4.98 Å². The molecule has 0 bridgehead atoms. The maximum atomic E-state index is 4.29. The van der Waals surface area contributed by atoms with Gasteiger partial charge < -0.3 is 5.32 Å². The minimum atomic E-state index is 0.324. The monoisotopic (exact) mass is 290 g/mol. The molecule has 1 unspecified atom stereocenters. The number of nitrogens with zero attached hydrogens (tertiary/aromatic N) is 1. The van der Waals surface area contributed by atoms with Gasteiger partial charge in [0.1, 0.15) is 0 Å². The van der Waals surface area contributed by atoms with E-state index >= 15 is 0 Å². The van der Waals surface area contributed by atoms with E-state index in [1.54, 1.807) is 0 Å². The van der Waals surface area contributed by atoms with Crippen molar-refractivity contribution in [2.75, 3.05) is 0 Å². The van der Waals surface area contributed by atoms with Crippen molar-refractivity contribution >= 4 is 15.9 Å². The maximum Gasteiger partial charge on any atom is 0.0541 e. The highest BCUT2D eigenvalue weighted by molar-refractivity contribution is 9.10. The first kappa shape index (κ1) is 12.3. The third-order valence-electron chi connectivity index (χ3n) is 2.69. The van der Waals surface area contributed by atoms with Gasteiger partial charge in [-0.25, -0.2) is 0 Å². The first-order valence-corrected chi connectivity index (χ1v) is 6.44. The number of hydrogen-bond donors (Lipinski definition) is 1. The minimum absolute atomic E-state index is 0.324. The summed E-state index contributed by atoms with van der Waals surface area (Å²) in [5.41, 5.74) is 2.35. The molecule has 1 N–H and O–H groups in total. The lowest BCUT2D eigenvalue weighted by atomic mass is 10.1. The zero-order chi connectivity index (χ0) is 12.1. The van der Waals surface area contributed by atoms with E-state index in [2.05, 4.69) is 57.4 Å². The van der Waals surface area contributed by atoms with Gasteiger partial charge >= 0.3 is 0 Å². The van der Waals surface area contributed by atoms with Crippen LogP contribution in [0, 0.1) is 0 Å². The fourth-order valence-corrected chi connectivity index (χ4v) is 1.89. The van der Waals surface area contributed by atoms with Gasteiger partial charge in [-0.05, 0) is 36.8 Å². The molecule has 2 aromatic rings. The van der Waals surface area contributed by atoms with E-state index in [-0.39, 0.29) is 0 Å². The summed E-state index contributed by atoms with van der Waals surface area (Å²) in [6.07, 6.45) is 1.82. The molecule has 0 spiro atoms. The largest absolute Gasteiger partial charge is 0.305 e. The molecule has 88 valence electrons. The van der Waals surface area contributed by atoms with Crippen LogP contribution in [0.2, 0.25) is 0 Å². The van der Waals surface area contributed by atoms with Gasteiger partial charge in [0.15, 0.2) is 0 Å². The molecule has 1 atom stereocenters. The first-order valence-electron chi connectivity index (χ1n) is 5.64. The normalized spacial score (nSPS) is 12.4. The van der Waals surface area contributed by atoms with E-state index in [1.807, 2.05) is 24.4 Å². The molecule has 0 radical (unpaired) electrons. The van der Waals surface area contributed by atoms with Crippen molar-refractivity contribution in [3.05, 3.63) is 64.4 Å². The van der Waals surface area contributed by atoms with Gasteiger partial charge in [0.2, 0.25) is 0 Å². The number of benzene rings is 1. The van der Waals surface area contributed by atoms with Crippen molar-refractivity contribution in [2.45, 2.75) is 19.5 Å². The van der Waals surface area contributed by atoms with Crippen LogP contribution in [0.4, 0.5) is 0 Å². The van der Waals surface area contributed by atoms with Crippen LogP contribution >= 0.6 is 15.9 Å². The van der Waals surface area contributed by atoms with Crippen molar-refractivity contribution in [3.63, 3.8) is 0 Å². The molecule has 0 aliphatic carbocycles. The fraction of sp³-hybridized carbons (Fsp3) is 0.214. The molecule has 17 heavy (non-hydrogen) atoms. The van der Waals surface area contributed by atoms with E-state index in [9.17, 15) is 0 Å². The van der Waals surface area contributed by atoms with Crippen LogP contribution in [-0.2, 0) is 6.54 Å². The van der Waals surface area contributed by atoms with Crippen molar-refractivity contribution in [3.8, 4) is 0 Å². The Morgan fingerprint density at radius 1 is 1.18 bits per heavy atom. The Labute approximate surface area is 110 Å². The smallest absolute Gasteiger partial charge is 0.0541 e. The molecular weight excluding hydrogens is 276 g/mol. The van der Waals surface area contributed by atoms with Crippen LogP contribution in [0.25, 0.3) is 0 Å². The Morgan fingerprint density at radius 2 is 1.94 bits per heavy atom. The molecular formula is C14H15BrN2. The third kappa shape index (κ3) is 3.65. The topological polar surface area (TPSA) is 24.9 Å². The Kier molecular flexibility index (Phi) is 4.29. The molecule has 1 aromatic heterocycles. The summed E-state index contributed by atoms with van der Waals surface area (Å²) >= 11 is 3.44. The summed E-state index contributed by atoms with van der Waals surface area (Å²) in [6, 6.07) is 14.7. The van der Waals surface area contributed by atoms with E-state index < -0.39 is 0 Å². The van der Waals surface area contributed by atoms with Gasteiger partial charge in [-0.15, -0.1) is 0 Å². The van der Waals surface area contributed by atoms with Crippen LogP contribution in [0.3, 0.4) is 0 Å².